The Morgan fingerprint density at radius 1 is 1.38 bits per heavy atom. The lowest BCUT2D eigenvalue weighted by Crippen LogP contribution is -2.15. The van der Waals surface area contributed by atoms with Crippen LogP contribution in [0.4, 0.5) is 4.39 Å². The Morgan fingerprint density at radius 3 is 2.86 bits per heavy atom. The summed E-state index contributed by atoms with van der Waals surface area (Å²) in [5.74, 6) is -1.03. The summed E-state index contributed by atoms with van der Waals surface area (Å²) in [6.07, 6.45) is 1.01. The van der Waals surface area contributed by atoms with Gasteiger partial charge in [-0.05, 0) is 43.6 Å². The van der Waals surface area contributed by atoms with E-state index in [1.807, 2.05) is 13.8 Å². The molecule has 2 aromatic heterocycles. The molecule has 0 aliphatic heterocycles. The minimum atomic E-state index is -0.583. The standard InChI is InChI=1S/C14H11ClFN3O2/c1-7(2)19-10-5-8(3-4-11(10)21-14(19)20)12-9(16)6-17-13(15)18-12/h3-7H,1-2H3. The largest absolute Gasteiger partial charge is 0.420 e. The van der Waals surface area contributed by atoms with Gasteiger partial charge in [0.15, 0.2) is 11.4 Å². The molecule has 0 fully saturated rings. The summed E-state index contributed by atoms with van der Waals surface area (Å²) in [5.41, 5.74) is 1.61. The third-order valence-electron chi connectivity index (χ3n) is 3.12. The summed E-state index contributed by atoms with van der Waals surface area (Å²) in [5, 5.41) is -0.0417. The Balaban J connectivity index is 2.28. The second kappa shape index (κ2) is 4.96. The number of hydrogen-bond donors (Lipinski definition) is 0. The highest BCUT2D eigenvalue weighted by molar-refractivity contribution is 6.28. The maximum absolute atomic E-state index is 13.8. The van der Waals surface area contributed by atoms with Crippen LogP contribution in [0.25, 0.3) is 22.4 Å². The molecular weight excluding hydrogens is 297 g/mol. The summed E-state index contributed by atoms with van der Waals surface area (Å²) < 4.78 is 20.5. The molecule has 0 saturated carbocycles. The van der Waals surface area contributed by atoms with Crippen molar-refractivity contribution in [1.29, 1.82) is 0 Å². The molecule has 21 heavy (non-hydrogen) atoms. The highest BCUT2D eigenvalue weighted by atomic mass is 35.5. The molecule has 7 heteroatoms. The van der Waals surface area contributed by atoms with E-state index in [4.69, 9.17) is 16.0 Å². The van der Waals surface area contributed by atoms with Crippen LogP contribution >= 0.6 is 11.6 Å². The second-order valence-electron chi connectivity index (χ2n) is 4.85. The number of nitrogens with zero attached hydrogens (tertiary/aromatic N) is 3. The summed E-state index contributed by atoms with van der Waals surface area (Å²) >= 11 is 5.71. The van der Waals surface area contributed by atoms with Crippen molar-refractivity contribution < 1.29 is 8.81 Å². The molecule has 0 saturated heterocycles. The minimum absolute atomic E-state index is 0.0417. The quantitative estimate of drug-likeness (QED) is 0.681. The molecule has 0 aliphatic rings. The van der Waals surface area contributed by atoms with Gasteiger partial charge >= 0.3 is 5.76 Å². The van der Waals surface area contributed by atoms with Crippen LogP contribution < -0.4 is 5.76 Å². The fraction of sp³-hybridized carbons (Fsp3) is 0.214. The summed E-state index contributed by atoms with van der Waals surface area (Å²) in [6.45, 7) is 3.73. The van der Waals surface area contributed by atoms with E-state index >= 15 is 0 Å². The normalized spacial score (nSPS) is 11.5. The number of fused-ring (bicyclic) bond motifs is 1. The zero-order valence-electron chi connectivity index (χ0n) is 11.3. The Kier molecular flexibility index (Phi) is 3.25. The van der Waals surface area contributed by atoms with Gasteiger partial charge in [-0.2, -0.15) is 0 Å². The molecule has 108 valence electrons. The van der Waals surface area contributed by atoms with Crippen molar-refractivity contribution in [1.82, 2.24) is 14.5 Å². The minimum Gasteiger partial charge on any atom is -0.408 e. The Hall–Kier alpha value is -2.21. The Labute approximate surface area is 124 Å². The average molecular weight is 308 g/mol. The van der Waals surface area contributed by atoms with Gasteiger partial charge in [-0.1, -0.05) is 0 Å². The SMILES string of the molecule is CC(C)n1c(=O)oc2ccc(-c3nc(Cl)ncc3F)cc21. The van der Waals surface area contributed by atoms with E-state index < -0.39 is 11.6 Å². The van der Waals surface area contributed by atoms with E-state index in [0.717, 1.165) is 6.20 Å². The molecule has 0 unspecified atom stereocenters. The van der Waals surface area contributed by atoms with Crippen molar-refractivity contribution in [3.63, 3.8) is 0 Å². The van der Waals surface area contributed by atoms with E-state index in [9.17, 15) is 9.18 Å². The molecule has 3 rings (SSSR count). The molecule has 0 aliphatic carbocycles. The monoisotopic (exact) mass is 307 g/mol. The van der Waals surface area contributed by atoms with Crippen LogP contribution in [0.2, 0.25) is 5.28 Å². The van der Waals surface area contributed by atoms with E-state index in [1.165, 1.54) is 4.57 Å². The number of halogens is 2. The van der Waals surface area contributed by atoms with Gasteiger partial charge in [0.2, 0.25) is 5.28 Å². The lowest BCUT2D eigenvalue weighted by Gasteiger charge is -2.07. The maximum Gasteiger partial charge on any atom is 0.420 e. The van der Waals surface area contributed by atoms with Gasteiger partial charge in [0.05, 0.1) is 11.7 Å². The van der Waals surface area contributed by atoms with Crippen molar-refractivity contribution in [3.05, 3.63) is 46.0 Å². The van der Waals surface area contributed by atoms with Crippen LogP contribution in [-0.4, -0.2) is 14.5 Å². The number of aromatic nitrogens is 3. The van der Waals surface area contributed by atoms with E-state index in [0.29, 0.717) is 16.7 Å². The van der Waals surface area contributed by atoms with Crippen LogP contribution in [0, 0.1) is 5.82 Å². The number of benzene rings is 1. The molecule has 1 aromatic carbocycles. The van der Waals surface area contributed by atoms with Gasteiger partial charge in [-0.3, -0.25) is 4.57 Å². The first kappa shape index (κ1) is 13.8. The molecule has 0 spiro atoms. The first-order valence-electron chi connectivity index (χ1n) is 6.31. The van der Waals surface area contributed by atoms with Crippen LogP contribution in [0.3, 0.4) is 0 Å². The van der Waals surface area contributed by atoms with Gasteiger partial charge in [0.25, 0.3) is 0 Å². The molecule has 0 bridgehead atoms. The van der Waals surface area contributed by atoms with Gasteiger partial charge in [0, 0.05) is 11.6 Å². The topological polar surface area (TPSA) is 60.9 Å². The molecule has 0 N–H and O–H groups in total. The molecule has 3 aromatic rings. The van der Waals surface area contributed by atoms with Gasteiger partial charge in [-0.15, -0.1) is 0 Å². The van der Waals surface area contributed by atoms with Crippen LogP contribution in [-0.2, 0) is 0 Å². The van der Waals surface area contributed by atoms with E-state index in [-0.39, 0.29) is 17.0 Å². The predicted octanol–water partition coefficient (Wildman–Crippen LogP) is 3.42. The van der Waals surface area contributed by atoms with Gasteiger partial charge in [0.1, 0.15) is 5.69 Å². The lowest BCUT2D eigenvalue weighted by atomic mass is 10.1. The average Bonchev–Trinajstić information content (AvgIpc) is 2.76. The van der Waals surface area contributed by atoms with E-state index in [1.54, 1.807) is 18.2 Å². The zero-order chi connectivity index (χ0) is 15.1. The summed E-state index contributed by atoms with van der Waals surface area (Å²) in [4.78, 5) is 19.3. The summed E-state index contributed by atoms with van der Waals surface area (Å²) in [6, 6.07) is 4.81. The van der Waals surface area contributed by atoms with Crippen LogP contribution in [0.5, 0.6) is 0 Å². The smallest absolute Gasteiger partial charge is 0.408 e. The number of oxazole rings is 1. The summed E-state index contributed by atoms with van der Waals surface area (Å²) in [7, 11) is 0. The first-order chi connectivity index (χ1) is 9.97. The molecular formula is C14H11ClFN3O2. The van der Waals surface area contributed by atoms with Gasteiger partial charge < -0.3 is 4.42 Å². The Morgan fingerprint density at radius 2 is 2.14 bits per heavy atom. The third kappa shape index (κ3) is 2.31. The second-order valence-corrected chi connectivity index (χ2v) is 5.19. The number of rotatable bonds is 2. The maximum atomic E-state index is 13.8. The highest BCUT2D eigenvalue weighted by Crippen LogP contribution is 2.26. The molecule has 2 heterocycles. The predicted molar refractivity (Wildman–Crippen MR) is 76.9 cm³/mol. The van der Waals surface area contributed by atoms with Gasteiger partial charge in [-0.25, -0.2) is 19.2 Å². The van der Waals surface area contributed by atoms with Crippen molar-refractivity contribution in [2.24, 2.45) is 0 Å². The number of hydrogen-bond acceptors (Lipinski definition) is 4. The third-order valence-corrected chi connectivity index (χ3v) is 3.30. The molecule has 0 atom stereocenters. The van der Waals surface area contributed by atoms with Crippen molar-refractivity contribution >= 4 is 22.7 Å². The fourth-order valence-corrected chi connectivity index (χ4v) is 2.35. The lowest BCUT2D eigenvalue weighted by molar-refractivity contribution is 0.478. The molecule has 0 amide bonds. The van der Waals surface area contributed by atoms with Crippen molar-refractivity contribution in [2.75, 3.05) is 0 Å². The van der Waals surface area contributed by atoms with Crippen LogP contribution in [0.1, 0.15) is 19.9 Å². The molecule has 0 radical (unpaired) electrons. The first-order valence-corrected chi connectivity index (χ1v) is 6.68. The highest BCUT2D eigenvalue weighted by Gasteiger charge is 2.15. The zero-order valence-corrected chi connectivity index (χ0v) is 12.1. The van der Waals surface area contributed by atoms with E-state index in [2.05, 4.69) is 9.97 Å². The fourth-order valence-electron chi connectivity index (χ4n) is 2.22. The van der Waals surface area contributed by atoms with Crippen molar-refractivity contribution in [3.8, 4) is 11.3 Å². The van der Waals surface area contributed by atoms with Crippen LogP contribution in [0.15, 0.2) is 33.6 Å². The Bertz CT molecular complexity index is 886. The molecule has 5 nitrogen and oxygen atoms in total. The van der Waals surface area contributed by atoms with Crippen molar-refractivity contribution in [2.45, 2.75) is 19.9 Å².